The lowest BCUT2D eigenvalue weighted by atomic mass is 10.0. The molecule has 2 N–H and O–H groups in total. The summed E-state index contributed by atoms with van der Waals surface area (Å²) in [6.07, 6.45) is 5.23. The van der Waals surface area contributed by atoms with Crippen LogP contribution in [0.25, 0.3) is 0 Å². The van der Waals surface area contributed by atoms with Crippen LogP contribution in [0.1, 0.15) is 32.6 Å². The van der Waals surface area contributed by atoms with Crippen LogP contribution in [-0.4, -0.2) is 11.1 Å². The number of nitrogens with one attached hydrogen (secondary N) is 1. The van der Waals surface area contributed by atoms with Crippen LogP contribution in [0.2, 0.25) is 0 Å². The van der Waals surface area contributed by atoms with Crippen molar-refractivity contribution in [3.05, 3.63) is 24.3 Å². The molecule has 1 aliphatic carbocycles. The van der Waals surface area contributed by atoms with Gasteiger partial charge in [-0.05, 0) is 43.0 Å². The van der Waals surface area contributed by atoms with E-state index in [0.29, 0.717) is 11.8 Å². The molecule has 1 aromatic carbocycles. The van der Waals surface area contributed by atoms with Crippen molar-refractivity contribution >= 4 is 5.69 Å². The standard InChI is InChI=1S/C13H19NO/c1-2-10-4-3-5-13(10)14-11-6-8-12(15)9-7-11/h6-10,13-15H,2-5H2,1H3. The molecule has 0 bridgehead atoms. The first-order valence-corrected chi connectivity index (χ1v) is 5.85. The smallest absolute Gasteiger partial charge is 0.115 e. The van der Waals surface area contributed by atoms with Gasteiger partial charge in [-0.2, -0.15) is 0 Å². The van der Waals surface area contributed by atoms with Crippen molar-refractivity contribution < 1.29 is 5.11 Å². The average molecular weight is 205 g/mol. The van der Waals surface area contributed by atoms with Crippen LogP contribution in [0.15, 0.2) is 24.3 Å². The van der Waals surface area contributed by atoms with Crippen molar-refractivity contribution in [3.8, 4) is 5.75 Å². The second-order valence-corrected chi connectivity index (χ2v) is 4.40. The van der Waals surface area contributed by atoms with Crippen molar-refractivity contribution in [2.75, 3.05) is 5.32 Å². The predicted molar refractivity (Wildman–Crippen MR) is 63.1 cm³/mol. The predicted octanol–water partition coefficient (Wildman–Crippen LogP) is 3.38. The summed E-state index contributed by atoms with van der Waals surface area (Å²) in [5.41, 5.74) is 1.12. The quantitative estimate of drug-likeness (QED) is 0.741. The van der Waals surface area contributed by atoms with E-state index < -0.39 is 0 Å². The number of anilines is 1. The summed E-state index contributed by atoms with van der Waals surface area (Å²) in [7, 11) is 0. The Morgan fingerprint density at radius 3 is 2.67 bits per heavy atom. The summed E-state index contributed by atoms with van der Waals surface area (Å²) in [5.74, 6) is 1.15. The SMILES string of the molecule is CCC1CCCC1Nc1ccc(O)cc1. The van der Waals surface area contributed by atoms with E-state index in [1.807, 2.05) is 12.1 Å². The van der Waals surface area contributed by atoms with Crippen molar-refractivity contribution in [1.29, 1.82) is 0 Å². The van der Waals surface area contributed by atoms with E-state index in [1.54, 1.807) is 12.1 Å². The Bertz CT molecular complexity index is 307. The minimum absolute atomic E-state index is 0.332. The first kappa shape index (κ1) is 10.3. The minimum atomic E-state index is 0.332. The van der Waals surface area contributed by atoms with Crippen LogP contribution in [0.3, 0.4) is 0 Å². The van der Waals surface area contributed by atoms with Gasteiger partial charge in [0.15, 0.2) is 0 Å². The number of benzene rings is 1. The fourth-order valence-electron chi connectivity index (χ4n) is 2.49. The van der Waals surface area contributed by atoms with E-state index in [9.17, 15) is 5.11 Å². The molecule has 0 aliphatic heterocycles. The highest BCUT2D eigenvalue weighted by atomic mass is 16.3. The molecule has 0 spiro atoms. The normalized spacial score (nSPS) is 25.4. The lowest BCUT2D eigenvalue weighted by Gasteiger charge is -2.20. The van der Waals surface area contributed by atoms with Gasteiger partial charge in [0.05, 0.1) is 0 Å². The maximum absolute atomic E-state index is 9.19. The van der Waals surface area contributed by atoms with E-state index in [2.05, 4.69) is 12.2 Å². The third kappa shape index (κ3) is 2.44. The molecule has 1 aliphatic rings. The van der Waals surface area contributed by atoms with Crippen LogP contribution in [0, 0.1) is 5.92 Å². The van der Waals surface area contributed by atoms with Gasteiger partial charge >= 0.3 is 0 Å². The number of phenols is 1. The number of aromatic hydroxyl groups is 1. The summed E-state index contributed by atoms with van der Waals surface area (Å²) >= 11 is 0. The molecule has 82 valence electrons. The Labute approximate surface area is 91.3 Å². The lowest BCUT2D eigenvalue weighted by molar-refractivity contribution is 0.475. The third-order valence-corrected chi connectivity index (χ3v) is 3.40. The first-order chi connectivity index (χ1) is 7.29. The monoisotopic (exact) mass is 205 g/mol. The number of hydrogen-bond acceptors (Lipinski definition) is 2. The first-order valence-electron chi connectivity index (χ1n) is 5.85. The van der Waals surface area contributed by atoms with E-state index >= 15 is 0 Å². The molecule has 2 nitrogen and oxygen atoms in total. The maximum atomic E-state index is 9.19. The zero-order valence-corrected chi connectivity index (χ0v) is 9.24. The van der Waals surface area contributed by atoms with Crippen LogP contribution < -0.4 is 5.32 Å². The molecular weight excluding hydrogens is 186 g/mol. The molecule has 0 radical (unpaired) electrons. The van der Waals surface area contributed by atoms with Crippen molar-refractivity contribution in [2.45, 2.75) is 38.6 Å². The van der Waals surface area contributed by atoms with Gasteiger partial charge < -0.3 is 10.4 Å². The Morgan fingerprint density at radius 1 is 1.27 bits per heavy atom. The van der Waals surface area contributed by atoms with Gasteiger partial charge in [-0.1, -0.05) is 19.8 Å². The topological polar surface area (TPSA) is 32.3 Å². The Hall–Kier alpha value is -1.18. The van der Waals surface area contributed by atoms with E-state index in [4.69, 9.17) is 0 Å². The molecule has 2 rings (SSSR count). The zero-order chi connectivity index (χ0) is 10.7. The second-order valence-electron chi connectivity index (χ2n) is 4.40. The highest BCUT2D eigenvalue weighted by Crippen LogP contribution is 2.30. The van der Waals surface area contributed by atoms with Crippen LogP contribution in [-0.2, 0) is 0 Å². The molecule has 0 aromatic heterocycles. The highest BCUT2D eigenvalue weighted by molar-refractivity contribution is 5.47. The molecule has 0 heterocycles. The molecule has 0 saturated heterocycles. The van der Waals surface area contributed by atoms with Crippen LogP contribution in [0.4, 0.5) is 5.69 Å². The molecule has 1 saturated carbocycles. The lowest BCUT2D eigenvalue weighted by Crippen LogP contribution is -2.23. The molecule has 1 fully saturated rings. The molecule has 2 heteroatoms. The molecule has 2 atom stereocenters. The minimum Gasteiger partial charge on any atom is -0.508 e. The number of phenolic OH excluding ortho intramolecular Hbond substituents is 1. The largest absolute Gasteiger partial charge is 0.508 e. The zero-order valence-electron chi connectivity index (χ0n) is 9.24. The van der Waals surface area contributed by atoms with Gasteiger partial charge in [0.1, 0.15) is 5.75 Å². The Balaban J connectivity index is 1.99. The summed E-state index contributed by atoms with van der Waals surface area (Å²) < 4.78 is 0. The van der Waals surface area contributed by atoms with E-state index in [0.717, 1.165) is 11.6 Å². The second kappa shape index (κ2) is 4.56. The highest BCUT2D eigenvalue weighted by Gasteiger charge is 2.25. The summed E-state index contributed by atoms with van der Waals surface area (Å²) in [5, 5.41) is 12.7. The molecular formula is C13H19NO. The molecule has 2 unspecified atom stereocenters. The molecule has 0 amide bonds. The van der Waals surface area contributed by atoms with Gasteiger partial charge in [-0.25, -0.2) is 0 Å². The van der Waals surface area contributed by atoms with Crippen LogP contribution in [0.5, 0.6) is 5.75 Å². The van der Waals surface area contributed by atoms with Gasteiger partial charge in [0, 0.05) is 11.7 Å². The summed E-state index contributed by atoms with van der Waals surface area (Å²) in [6, 6.07) is 7.98. The van der Waals surface area contributed by atoms with Crippen LogP contribution >= 0.6 is 0 Å². The Kier molecular flexibility index (Phi) is 3.14. The van der Waals surface area contributed by atoms with E-state index in [-0.39, 0.29) is 0 Å². The van der Waals surface area contributed by atoms with Crippen molar-refractivity contribution in [3.63, 3.8) is 0 Å². The van der Waals surface area contributed by atoms with E-state index in [1.165, 1.54) is 25.7 Å². The Morgan fingerprint density at radius 2 is 2.00 bits per heavy atom. The van der Waals surface area contributed by atoms with Gasteiger partial charge in [0.25, 0.3) is 0 Å². The molecule has 15 heavy (non-hydrogen) atoms. The van der Waals surface area contributed by atoms with Crippen molar-refractivity contribution in [2.24, 2.45) is 5.92 Å². The number of rotatable bonds is 3. The fourth-order valence-corrected chi connectivity index (χ4v) is 2.49. The summed E-state index contributed by atoms with van der Waals surface area (Å²) in [4.78, 5) is 0. The molecule has 1 aromatic rings. The van der Waals surface area contributed by atoms with Gasteiger partial charge in [-0.15, -0.1) is 0 Å². The fraction of sp³-hybridized carbons (Fsp3) is 0.538. The average Bonchev–Trinajstić information content (AvgIpc) is 2.69. The van der Waals surface area contributed by atoms with Gasteiger partial charge in [-0.3, -0.25) is 0 Å². The summed E-state index contributed by atoms with van der Waals surface area (Å²) in [6.45, 7) is 2.27. The van der Waals surface area contributed by atoms with Crippen molar-refractivity contribution in [1.82, 2.24) is 0 Å². The maximum Gasteiger partial charge on any atom is 0.115 e. The number of hydrogen-bond donors (Lipinski definition) is 2. The van der Waals surface area contributed by atoms with Gasteiger partial charge in [0.2, 0.25) is 0 Å². The third-order valence-electron chi connectivity index (χ3n) is 3.40.